The number of alkyl halides is 1. The zero-order valence-corrected chi connectivity index (χ0v) is 14.2. The lowest BCUT2D eigenvalue weighted by atomic mass is 9.72. The van der Waals surface area contributed by atoms with Gasteiger partial charge in [0.2, 0.25) is 0 Å². The average Bonchev–Trinajstić information content (AvgIpc) is 2.53. The van der Waals surface area contributed by atoms with Gasteiger partial charge < -0.3 is 9.47 Å². The Morgan fingerprint density at radius 1 is 1.21 bits per heavy atom. The summed E-state index contributed by atoms with van der Waals surface area (Å²) < 4.78 is 12.3. The topological polar surface area (TPSA) is 18.5 Å². The molecule has 2 fully saturated rings. The van der Waals surface area contributed by atoms with E-state index in [4.69, 9.17) is 9.47 Å². The number of hydrogen-bond donors (Lipinski definition) is 0. The molecule has 0 amide bonds. The van der Waals surface area contributed by atoms with Crippen molar-refractivity contribution in [1.82, 2.24) is 0 Å². The fraction of sp³-hybridized carbons (Fsp3) is 1.00. The monoisotopic (exact) mass is 332 g/mol. The number of rotatable bonds is 7. The van der Waals surface area contributed by atoms with Gasteiger partial charge in [-0.2, -0.15) is 0 Å². The van der Waals surface area contributed by atoms with E-state index < -0.39 is 0 Å². The SMILES string of the molecule is CCCCCCCC12CCOC(C(Br)O1)C2C(C)C. The first-order valence-electron chi connectivity index (χ1n) is 8.04. The fourth-order valence-corrected chi connectivity index (χ4v) is 4.82. The van der Waals surface area contributed by atoms with Crippen LogP contribution >= 0.6 is 15.9 Å². The number of fused-ring (bicyclic) bond motifs is 2. The second-order valence-corrected chi connectivity index (χ2v) is 7.46. The van der Waals surface area contributed by atoms with E-state index in [1.54, 1.807) is 0 Å². The van der Waals surface area contributed by atoms with Gasteiger partial charge in [0.25, 0.3) is 0 Å². The lowest BCUT2D eigenvalue weighted by Crippen LogP contribution is -2.47. The van der Waals surface area contributed by atoms with Crippen molar-refractivity contribution < 1.29 is 9.47 Å². The summed E-state index contributed by atoms with van der Waals surface area (Å²) >= 11 is 3.68. The van der Waals surface area contributed by atoms with Crippen molar-refractivity contribution in [3.63, 3.8) is 0 Å². The van der Waals surface area contributed by atoms with E-state index >= 15 is 0 Å². The van der Waals surface area contributed by atoms with Crippen LogP contribution in [0.1, 0.15) is 65.7 Å². The third-order valence-corrected chi connectivity index (χ3v) is 5.53. The third-order valence-electron chi connectivity index (χ3n) is 4.82. The van der Waals surface area contributed by atoms with Gasteiger partial charge in [0, 0.05) is 18.9 Å². The Bertz CT molecular complexity index is 282. The van der Waals surface area contributed by atoms with Gasteiger partial charge in [-0.3, -0.25) is 0 Å². The number of halogens is 1. The van der Waals surface area contributed by atoms with Crippen molar-refractivity contribution in [2.75, 3.05) is 6.61 Å². The Hall–Kier alpha value is 0.400. The maximum Gasteiger partial charge on any atom is 0.139 e. The maximum absolute atomic E-state index is 6.34. The van der Waals surface area contributed by atoms with Gasteiger partial charge in [-0.25, -0.2) is 0 Å². The smallest absolute Gasteiger partial charge is 0.139 e. The highest BCUT2D eigenvalue weighted by atomic mass is 79.9. The molecule has 0 N–H and O–H groups in total. The second-order valence-electron chi connectivity index (χ2n) is 6.55. The first-order chi connectivity index (χ1) is 9.10. The highest BCUT2D eigenvalue weighted by Gasteiger charge is 2.57. The lowest BCUT2D eigenvalue weighted by Gasteiger charge is -2.41. The predicted molar refractivity (Wildman–Crippen MR) is 82.6 cm³/mol. The molecule has 2 nitrogen and oxygen atoms in total. The lowest BCUT2D eigenvalue weighted by molar-refractivity contribution is -0.0935. The summed E-state index contributed by atoms with van der Waals surface area (Å²) in [5, 5.41) is 0.0954. The van der Waals surface area contributed by atoms with E-state index in [2.05, 4.69) is 36.7 Å². The first-order valence-corrected chi connectivity index (χ1v) is 8.96. The Labute approximate surface area is 126 Å². The highest BCUT2D eigenvalue weighted by Crippen LogP contribution is 2.51. The van der Waals surface area contributed by atoms with Gasteiger partial charge >= 0.3 is 0 Å². The molecule has 0 aliphatic carbocycles. The van der Waals surface area contributed by atoms with E-state index in [-0.39, 0.29) is 16.7 Å². The molecule has 19 heavy (non-hydrogen) atoms. The summed E-state index contributed by atoms with van der Waals surface area (Å²) in [6.07, 6.45) is 9.24. The largest absolute Gasteiger partial charge is 0.374 e. The van der Waals surface area contributed by atoms with Crippen LogP contribution < -0.4 is 0 Å². The van der Waals surface area contributed by atoms with Gasteiger partial charge in [0.05, 0.1) is 11.7 Å². The van der Waals surface area contributed by atoms with Crippen LogP contribution in [0.3, 0.4) is 0 Å². The van der Waals surface area contributed by atoms with Gasteiger partial charge in [-0.05, 0) is 12.3 Å². The fourth-order valence-electron chi connectivity index (χ4n) is 3.97. The molecule has 4 atom stereocenters. The molecule has 2 aliphatic heterocycles. The normalized spacial score (nSPS) is 38.1. The standard InChI is InChI=1S/C16H29BrO2/c1-4-5-6-7-8-9-16-10-11-18-14(15(17)19-16)13(16)12(2)3/h12-15H,4-11H2,1-3H3. The van der Waals surface area contributed by atoms with Crippen LogP contribution in [0.5, 0.6) is 0 Å². The Morgan fingerprint density at radius 3 is 2.63 bits per heavy atom. The molecule has 0 saturated carbocycles. The molecular weight excluding hydrogens is 304 g/mol. The van der Waals surface area contributed by atoms with E-state index in [1.165, 1.54) is 38.5 Å². The van der Waals surface area contributed by atoms with E-state index in [9.17, 15) is 0 Å². The third kappa shape index (κ3) is 3.36. The summed E-state index contributed by atoms with van der Waals surface area (Å²) in [5.74, 6) is 1.18. The summed E-state index contributed by atoms with van der Waals surface area (Å²) in [6.45, 7) is 7.76. The van der Waals surface area contributed by atoms with E-state index in [1.807, 2.05) is 0 Å². The Kier molecular flexibility index (Phi) is 5.74. The van der Waals surface area contributed by atoms with Crippen molar-refractivity contribution in [2.24, 2.45) is 11.8 Å². The van der Waals surface area contributed by atoms with Crippen LogP contribution in [0.4, 0.5) is 0 Å². The van der Waals surface area contributed by atoms with Crippen LogP contribution in [0.2, 0.25) is 0 Å². The molecule has 0 aromatic rings. The van der Waals surface area contributed by atoms with E-state index in [0.717, 1.165) is 13.0 Å². The molecule has 0 aromatic heterocycles. The molecule has 2 heterocycles. The zero-order chi connectivity index (χ0) is 13.9. The van der Waals surface area contributed by atoms with E-state index in [0.29, 0.717) is 11.8 Å². The van der Waals surface area contributed by atoms with Crippen molar-refractivity contribution >= 4 is 15.9 Å². The second kappa shape index (κ2) is 6.91. The van der Waals surface area contributed by atoms with Gasteiger partial charge in [-0.1, -0.05) is 68.8 Å². The average molecular weight is 333 g/mol. The van der Waals surface area contributed by atoms with Gasteiger partial charge in [0.15, 0.2) is 0 Å². The molecule has 2 rings (SSSR count). The van der Waals surface area contributed by atoms with Crippen LogP contribution in [0.15, 0.2) is 0 Å². The number of hydrogen-bond acceptors (Lipinski definition) is 2. The van der Waals surface area contributed by atoms with Crippen molar-refractivity contribution in [3.05, 3.63) is 0 Å². The summed E-state index contributed by atoms with van der Waals surface area (Å²) in [7, 11) is 0. The van der Waals surface area contributed by atoms with Crippen LogP contribution in [0, 0.1) is 11.8 Å². The molecule has 112 valence electrons. The van der Waals surface area contributed by atoms with Crippen molar-refractivity contribution in [3.8, 4) is 0 Å². The molecule has 2 aliphatic rings. The van der Waals surface area contributed by atoms with Crippen LogP contribution in [-0.2, 0) is 9.47 Å². The van der Waals surface area contributed by atoms with Crippen LogP contribution in [0.25, 0.3) is 0 Å². The predicted octanol–water partition coefficient (Wildman–Crippen LogP) is 4.90. The molecule has 0 spiro atoms. The van der Waals surface area contributed by atoms with Crippen molar-refractivity contribution in [1.29, 1.82) is 0 Å². The summed E-state index contributed by atoms with van der Waals surface area (Å²) in [4.78, 5) is 0. The van der Waals surface area contributed by atoms with Crippen molar-refractivity contribution in [2.45, 2.75) is 82.4 Å². The summed E-state index contributed by atoms with van der Waals surface area (Å²) in [6, 6.07) is 0. The quantitative estimate of drug-likeness (QED) is 0.487. The molecular formula is C16H29BrO2. The molecule has 2 bridgehead atoms. The maximum atomic E-state index is 6.34. The number of unbranched alkanes of at least 4 members (excludes halogenated alkanes) is 4. The molecule has 3 heteroatoms. The zero-order valence-electron chi connectivity index (χ0n) is 12.7. The minimum absolute atomic E-state index is 0.0808. The molecule has 0 radical (unpaired) electrons. The van der Waals surface area contributed by atoms with Gasteiger partial charge in [-0.15, -0.1) is 0 Å². The highest BCUT2D eigenvalue weighted by molar-refractivity contribution is 9.09. The van der Waals surface area contributed by atoms with Crippen LogP contribution in [-0.4, -0.2) is 23.3 Å². The Balaban J connectivity index is 1.94. The minimum Gasteiger partial charge on any atom is -0.374 e. The minimum atomic E-state index is 0.0808. The molecule has 2 saturated heterocycles. The Morgan fingerprint density at radius 2 is 1.95 bits per heavy atom. The first kappa shape index (κ1) is 15.8. The molecule has 4 unspecified atom stereocenters. The number of ether oxygens (including phenoxy) is 2. The molecule has 0 aromatic carbocycles. The summed E-state index contributed by atoms with van der Waals surface area (Å²) in [5.41, 5.74) is 0.0808. The van der Waals surface area contributed by atoms with Gasteiger partial charge in [0.1, 0.15) is 5.01 Å².